The number of nitrogens with zero attached hydrogens (tertiary/aromatic N) is 2. The fourth-order valence-electron chi connectivity index (χ4n) is 2.33. The van der Waals surface area contributed by atoms with Gasteiger partial charge in [0, 0.05) is 19.8 Å². The maximum atomic E-state index is 12.5. The van der Waals surface area contributed by atoms with Crippen LogP contribution in [0.5, 0.6) is 0 Å². The molecule has 1 aliphatic heterocycles. The zero-order valence-electron chi connectivity index (χ0n) is 11.9. The Balaban J connectivity index is 2.61. The first kappa shape index (κ1) is 15.9. The van der Waals surface area contributed by atoms with E-state index in [2.05, 4.69) is 14.5 Å². The molecule has 114 valence electrons. The summed E-state index contributed by atoms with van der Waals surface area (Å²) in [6.45, 7) is 1.99. The molecule has 0 fully saturated rings. The van der Waals surface area contributed by atoms with E-state index in [0.29, 0.717) is 5.57 Å². The summed E-state index contributed by atoms with van der Waals surface area (Å²) in [4.78, 5) is 12.1. The second kappa shape index (κ2) is 6.13. The van der Waals surface area contributed by atoms with Crippen molar-refractivity contribution in [2.45, 2.75) is 13.0 Å². The number of carbonyl (C=O) groups excluding carboxylic acids is 1. The first-order valence-corrected chi connectivity index (χ1v) is 8.43. The number of hydrogen-bond donors (Lipinski definition) is 1. The lowest BCUT2D eigenvalue weighted by molar-refractivity contribution is -0.116. The normalized spacial score (nSPS) is 21.8. The van der Waals surface area contributed by atoms with Gasteiger partial charge >= 0.3 is 10.2 Å². The standard InChI is InChI=1S/C13H18N3O3PS/c1-3-16-9-11(13(17)14-20)12(15(2)21(16,18)19)10-7-5-4-6-8-10/h4-9,12H,3,20H2,1-2H3,(H,14,17). The summed E-state index contributed by atoms with van der Waals surface area (Å²) in [6, 6.07) is 8.46. The largest absolute Gasteiger partial charge is 0.337 e. The monoisotopic (exact) mass is 327 g/mol. The van der Waals surface area contributed by atoms with Crippen molar-refractivity contribution >= 4 is 25.5 Å². The average Bonchev–Trinajstić information content (AvgIpc) is 2.49. The SMILES string of the molecule is CCN1C=C(C(=O)NP)C(c2ccccc2)N(C)S1(=O)=O. The topological polar surface area (TPSA) is 69.7 Å². The van der Waals surface area contributed by atoms with Crippen molar-refractivity contribution in [2.24, 2.45) is 0 Å². The maximum Gasteiger partial charge on any atom is 0.304 e. The molecule has 2 atom stereocenters. The van der Waals surface area contributed by atoms with Crippen LogP contribution in [-0.4, -0.2) is 36.5 Å². The second-order valence-electron chi connectivity index (χ2n) is 4.60. The summed E-state index contributed by atoms with van der Waals surface area (Å²) in [5.41, 5.74) is 1.13. The zero-order valence-corrected chi connectivity index (χ0v) is 13.8. The van der Waals surface area contributed by atoms with Crippen molar-refractivity contribution in [3.63, 3.8) is 0 Å². The number of amides is 1. The molecule has 1 heterocycles. The maximum absolute atomic E-state index is 12.5. The van der Waals surface area contributed by atoms with Crippen LogP contribution in [0.3, 0.4) is 0 Å². The molecule has 0 saturated heterocycles. The minimum absolute atomic E-state index is 0.266. The van der Waals surface area contributed by atoms with Crippen LogP contribution < -0.4 is 5.09 Å². The predicted octanol–water partition coefficient (Wildman–Crippen LogP) is 1.03. The van der Waals surface area contributed by atoms with Gasteiger partial charge in [0.1, 0.15) is 0 Å². The molecule has 1 aromatic rings. The van der Waals surface area contributed by atoms with E-state index < -0.39 is 16.3 Å². The van der Waals surface area contributed by atoms with Crippen molar-refractivity contribution in [1.82, 2.24) is 13.7 Å². The van der Waals surface area contributed by atoms with Crippen LogP contribution in [0, 0.1) is 0 Å². The number of benzene rings is 1. The van der Waals surface area contributed by atoms with Gasteiger partial charge in [-0.1, -0.05) is 30.3 Å². The van der Waals surface area contributed by atoms with Crippen LogP contribution in [-0.2, 0) is 15.0 Å². The first-order valence-electron chi connectivity index (χ1n) is 6.45. The number of nitrogens with one attached hydrogen (secondary N) is 1. The summed E-state index contributed by atoms with van der Waals surface area (Å²) < 4.78 is 27.3. The van der Waals surface area contributed by atoms with Crippen LogP contribution in [0.15, 0.2) is 42.1 Å². The van der Waals surface area contributed by atoms with Crippen LogP contribution in [0.2, 0.25) is 0 Å². The number of carbonyl (C=O) groups is 1. The predicted molar refractivity (Wildman–Crippen MR) is 84.2 cm³/mol. The second-order valence-corrected chi connectivity index (χ2v) is 6.83. The molecule has 1 amide bonds. The highest BCUT2D eigenvalue weighted by molar-refractivity contribution is 7.86. The summed E-state index contributed by atoms with van der Waals surface area (Å²) in [6.07, 6.45) is 1.41. The van der Waals surface area contributed by atoms with E-state index in [0.717, 1.165) is 5.56 Å². The highest BCUT2D eigenvalue weighted by Crippen LogP contribution is 2.35. The lowest BCUT2D eigenvalue weighted by Crippen LogP contribution is -2.47. The zero-order chi connectivity index (χ0) is 15.6. The third-order valence-corrected chi connectivity index (χ3v) is 5.58. The van der Waals surface area contributed by atoms with E-state index in [9.17, 15) is 13.2 Å². The Labute approximate surface area is 127 Å². The van der Waals surface area contributed by atoms with Gasteiger partial charge in [-0.2, -0.15) is 12.7 Å². The molecule has 0 saturated carbocycles. The molecule has 1 aliphatic rings. The van der Waals surface area contributed by atoms with Gasteiger partial charge < -0.3 is 5.09 Å². The lowest BCUT2D eigenvalue weighted by Gasteiger charge is -2.37. The van der Waals surface area contributed by atoms with Crippen molar-refractivity contribution < 1.29 is 13.2 Å². The number of rotatable bonds is 3. The average molecular weight is 327 g/mol. The summed E-state index contributed by atoms with van der Waals surface area (Å²) in [7, 11) is 0.0104. The number of hydrogen-bond acceptors (Lipinski definition) is 3. The van der Waals surface area contributed by atoms with E-state index in [1.54, 1.807) is 6.92 Å². The Morgan fingerprint density at radius 3 is 2.48 bits per heavy atom. The molecule has 21 heavy (non-hydrogen) atoms. The smallest absolute Gasteiger partial charge is 0.304 e. The molecule has 6 nitrogen and oxygen atoms in total. The molecular formula is C13H18N3O3PS. The van der Waals surface area contributed by atoms with Gasteiger partial charge in [-0.05, 0) is 21.9 Å². The van der Waals surface area contributed by atoms with E-state index in [1.165, 1.54) is 21.9 Å². The fourth-order valence-corrected chi connectivity index (χ4v) is 3.90. The summed E-state index contributed by atoms with van der Waals surface area (Å²) in [5, 5.41) is 2.49. The Morgan fingerprint density at radius 1 is 1.33 bits per heavy atom. The minimum Gasteiger partial charge on any atom is -0.337 e. The lowest BCUT2D eigenvalue weighted by atomic mass is 9.99. The Morgan fingerprint density at radius 2 is 1.95 bits per heavy atom. The van der Waals surface area contributed by atoms with Crippen molar-refractivity contribution in [3.8, 4) is 0 Å². The number of likely N-dealkylation sites (N-methyl/N-ethyl adjacent to an activating group) is 1. The molecule has 0 bridgehead atoms. The highest BCUT2D eigenvalue weighted by atomic mass is 32.2. The van der Waals surface area contributed by atoms with Gasteiger partial charge in [-0.3, -0.25) is 9.10 Å². The molecule has 0 aromatic heterocycles. The van der Waals surface area contributed by atoms with Gasteiger partial charge in [0.05, 0.1) is 11.6 Å². The van der Waals surface area contributed by atoms with Gasteiger partial charge in [0.2, 0.25) is 0 Å². The highest BCUT2D eigenvalue weighted by Gasteiger charge is 2.40. The van der Waals surface area contributed by atoms with E-state index in [4.69, 9.17) is 0 Å². The van der Waals surface area contributed by atoms with E-state index >= 15 is 0 Å². The van der Waals surface area contributed by atoms with E-state index in [1.807, 2.05) is 30.3 Å². The molecule has 8 heteroatoms. The van der Waals surface area contributed by atoms with Crippen molar-refractivity contribution in [2.75, 3.05) is 13.6 Å². The Hall–Kier alpha value is -1.43. The van der Waals surface area contributed by atoms with Gasteiger partial charge in [0.25, 0.3) is 5.91 Å². The molecule has 1 aromatic carbocycles. The molecular weight excluding hydrogens is 309 g/mol. The first-order chi connectivity index (χ1) is 9.93. The quantitative estimate of drug-likeness (QED) is 0.843. The molecule has 0 aliphatic carbocycles. The Kier molecular flexibility index (Phi) is 4.66. The summed E-state index contributed by atoms with van der Waals surface area (Å²) >= 11 is 0. The van der Waals surface area contributed by atoms with Crippen molar-refractivity contribution in [1.29, 1.82) is 0 Å². The summed E-state index contributed by atoms with van der Waals surface area (Å²) in [5.74, 6) is -0.325. The molecule has 0 spiro atoms. The Bertz CT molecular complexity index is 660. The molecule has 2 rings (SSSR count). The third kappa shape index (κ3) is 2.81. The van der Waals surface area contributed by atoms with Gasteiger partial charge in [0.15, 0.2) is 0 Å². The molecule has 2 unspecified atom stereocenters. The van der Waals surface area contributed by atoms with E-state index in [-0.39, 0.29) is 12.5 Å². The van der Waals surface area contributed by atoms with Gasteiger partial charge in [-0.15, -0.1) is 0 Å². The molecule has 0 radical (unpaired) electrons. The molecule has 1 N–H and O–H groups in total. The van der Waals surface area contributed by atoms with Crippen molar-refractivity contribution in [3.05, 3.63) is 47.7 Å². The van der Waals surface area contributed by atoms with Gasteiger partial charge in [-0.25, -0.2) is 0 Å². The van der Waals surface area contributed by atoms with Crippen LogP contribution in [0.4, 0.5) is 0 Å². The van der Waals surface area contributed by atoms with Crippen LogP contribution in [0.25, 0.3) is 0 Å². The van der Waals surface area contributed by atoms with Crippen LogP contribution >= 0.6 is 9.39 Å². The third-order valence-electron chi connectivity index (χ3n) is 3.42. The van der Waals surface area contributed by atoms with Crippen LogP contribution in [0.1, 0.15) is 18.5 Å². The fraction of sp³-hybridized carbons (Fsp3) is 0.308. The minimum atomic E-state index is -3.62.